The molecular weight excluding hydrogens is 478 g/mol. The fraction of sp³-hybridized carbons (Fsp3) is 0.462. The second-order valence-corrected chi connectivity index (χ2v) is 9.61. The van der Waals surface area contributed by atoms with Crippen molar-refractivity contribution in [1.29, 1.82) is 0 Å². The van der Waals surface area contributed by atoms with E-state index in [4.69, 9.17) is 9.47 Å². The number of phenolic OH excluding ortho intramolecular Hbond substituents is 1. The molecule has 0 saturated carbocycles. The molecule has 0 aliphatic carbocycles. The number of benzene rings is 1. The Labute approximate surface area is 215 Å². The average molecular weight is 510 g/mol. The van der Waals surface area contributed by atoms with E-state index in [1.54, 1.807) is 40.3 Å². The third kappa shape index (κ3) is 5.23. The number of para-hydroxylation sites is 1. The Bertz CT molecular complexity index is 1180. The Balaban J connectivity index is 1.47. The minimum absolute atomic E-state index is 0.0370. The number of piperazine rings is 1. The van der Waals surface area contributed by atoms with Crippen molar-refractivity contribution in [2.45, 2.75) is 31.1 Å². The van der Waals surface area contributed by atoms with E-state index in [2.05, 4.69) is 10.3 Å². The Morgan fingerprint density at radius 1 is 1.19 bits per heavy atom. The molecule has 196 valence electrons. The van der Waals surface area contributed by atoms with Crippen LogP contribution in [0.3, 0.4) is 0 Å². The molecule has 2 fully saturated rings. The molecule has 2 saturated heterocycles. The third-order valence-electron chi connectivity index (χ3n) is 7.20. The molecule has 2 N–H and O–H groups in total. The first-order chi connectivity index (χ1) is 17.9. The summed E-state index contributed by atoms with van der Waals surface area (Å²) >= 11 is 0. The lowest BCUT2D eigenvalue weighted by Gasteiger charge is -2.43. The van der Waals surface area contributed by atoms with Crippen molar-refractivity contribution in [2.75, 3.05) is 46.5 Å². The van der Waals surface area contributed by atoms with Crippen molar-refractivity contribution in [3.05, 3.63) is 53.7 Å². The Morgan fingerprint density at radius 2 is 2.03 bits per heavy atom. The summed E-state index contributed by atoms with van der Waals surface area (Å²) in [6.45, 7) is 1.89. The van der Waals surface area contributed by atoms with Crippen molar-refractivity contribution in [1.82, 2.24) is 25.0 Å². The number of amides is 3. The summed E-state index contributed by atoms with van der Waals surface area (Å²) in [5.74, 6) is -0.201. The molecule has 37 heavy (non-hydrogen) atoms. The predicted molar refractivity (Wildman–Crippen MR) is 132 cm³/mol. The van der Waals surface area contributed by atoms with Gasteiger partial charge in [0.15, 0.2) is 0 Å². The number of ether oxygens (including phenoxy) is 2. The number of fused-ring (bicyclic) bond motifs is 4. The van der Waals surface area contributed by atoms with Crippen LogP contribution in [-0.2, 0) is 20.9 Å². The molecule has 11 nitrogen and oxygen atoms in total. The summed E-state index contributed by atoms with van der Waals surface area (Å²) in [7, 11) is 1.47. The van der Waals surface area contributed by atoms with E-state index in [1.807, 2.05) is 17.0 Å². The van der Waals surface area contributed by atoms with Crippen LogP contribution in [0, 0.1) is 0 Å². The van der Waals surface area contributed by atoms with E-state index in [9.17, 15) is 19.5 Å². The van der Waals surface area contributed by atoms with Crippen molar-refractivity contribution < 1.29 is 29.0 Å². The van der Waals surface area contributed by atoms with E-state index in [-0.39, 0.29) is 55.2 Å². The van der Waals surface area contributed by atoms with Gasteiger partial charge in [0.2, 0.25) is 17.7 Å². The topological polar surface area (TPSA) is 125 Å². The van der Waals surface area contributed by atoms with Gasteiger partial charge in [0.25, 0.3) is 5.91 Å². The normalized spacial score (nSPS) is 24.3. The van der Waals surface area contributed by atoms with Crippen LogP contribution in [0.15, 0.2) is 42.6 Å². The summed E-state index contributed by atoms with van der Waals surface area (Å²) in [4.78, 5) is 49.4. The number of nitrogens with zero attached hydrogens (tertiary/aromatic N) is 4. The van der Waals surface area contributed by atoms with Crippen LogP contribution < -0.4 is 10.1 Å². The first kappa shape index (κ1) is 25.0. The summed E-state index contributed by atoms with van der Waals surface area (Å²) < 4.78 is 11.0. The maximum absolute atomic E-state index is 14.0. The maximum atomic E-state index is 14.0. The first-order valence-corrected chi connectivity index (χ1v) is 12.4. The van der Waals surface area contributed by atoms with Crippen molar-refractivity contribution in [3.8, 4) is 11.6 Å². The number of hydrogen-bond acceptors (Lipinski definition) is 8. The number of methoxy groups -OCH3 is 1. The van der Waals surface area contributed by atoms with Gasteiger partial charge in [0, 0.05) is 57.6 Å². The number of rotatable bonds is 4. The second-order valence-electron chi connectivity index (χ2n) is 9.61. The van der Waals surface area contributed by atoms with Crippen LogP contribution >= 0.6 is 0 Å². The zero-order valence-corrected chi connectivity index (χ0v) is 20.7. The lowest BCUT2D eigenvalue weighted by molar-refractivity contribution is -0.148. The molecule has 1 aromatic heterocycles. The number of phenols is 1. The molecule has 3 aliphatic heterocycles. The van der Waals surface area contributed by atoms with Gasteiger partial charge < -0.3 is 29.7 Å². The van der Waals surface area contributed by atoms with Crippen LogP contribution in [0.4, 0.5) is 0 Å². The number of nitrogens with one attached hydrogen (secondary N) is 1. The Kier molecular flexibility index (Phi) is 7.24. The molecule has 0 radical (unpaired) electrons. The molecule has 1 aromatic carbocycles. The molecule has 0 unspecified atom stereocenters. The second kappa shape index (κ2) is 10.7. The highest BCUT2D eigenvalue weighted by Gasteiger charge is 2.43. The minimum Gasteiger partial charge on any atom is -0.508 e. The highest BCUT2D eigenvalue weighted by molar-refractivity contribution is 5.96. The van der Waals surface area contributed by atoms with E-state index >= 15 is 0 Å². The third-order valence-corrected chi connectivity index (χ3v) is 7.20. The first-order valence-electron chi connectivity index (χ1n) is 12.4. The number of carbonyl (C=O) groups excluding carboxylic acids is 3. The Morgan fingerprint density at radius 3 is 2.84 bits per heavy atom. The average Bonchev–Trinajstić information content (AvgIpc) is 3.30. The zero-order valence-electron chi connectivity index (χ0n) is 20.7. The Hall–Kier alpha value is -3.70. The fourth-order valence-corrected chi connectivity index (χ4v) is 5.34. The highest BCUT2D eigenvalue weighted by atomic mass is 16.5. The molecule has 2 aromatic rings. The quantitative estimate of drug-likeness (QED) is 0.601. The van der Waals surface area contributed by atoms with Gasteiger partial charge in [-0.25, -0.2) is 4.98 Å². The minimum atomic E-state index is -0.499. The molecule has 11 heteroatoms. The number of carbonyl (C=O) groups is 3. The lowest BCUT2D eigenvalue weighted by Crippen LogP contribution is -2.61. The number of aromatic nitrogens is 1. The van der Waals surface area contributed by atoms with Crippen LogP contribution in [0.25, 0.3) is 0 Å². The SMILES string of the molecule is COCC(=O)N1CCN2C(=O)[C@@H]3C[C@H](CN3Cc3ccccc3O)NC(=O)c3cccnc3OC[C@@H]2C1. The summed E-state index contributed by atoms with van der Waals surface area (Å²) in [5, 5.41) is 13.4. The van der Waals surface area contributed by atoms with Gasteiger partial charge in [-0.2, -0.15) is 0 Å². The number of pyridine rings is 1. The predicted octanol–water partition coefficient (Wildman–Crippen LogP) is 0.238. The van der Waals surface area contributed by atoms with Gasteiger partial charge in [-0.3, -0.25) is 19.3 Å². The van der Waals surface area contributed by atoms with Crippen LogP contribution in [-0.4, -0.2) is 107 Å². The van der Waals surface area contributed by atoms with E-state index in [1.165, 1.54) is 7.11 Å². The monoisotopic (exact) mass is 509 g/mol. The van der Waals surface area contributed by atoms with E-state index in [0.29, 0.717) is 43.7 Å². The molecule has 2 bridgehead atoms. The van der Waals surface area contributed by atoms with Gasteiger partial charge >= 0.3 is 0 Å². The van der Waals surface area contributed by atoms with Gasteiger partial charge in [0.05, 0.1) is 12.1 Å². The highest BCUT2D eigenvalue weighted by Crippen LogP contribution is 2.28. The molecule has 4 heterocycles. The van der Waals surface area contributed by atoms with Crippen molar-refractivity contribution >= 4 is 17.7 Å². The number of likely N-dealkylation sites (tertiary alicyclic amines) is 1. The summed E-state index contributed by atoms with van der Waals surface area (Å²) in [6.07, 6.45) is 1.99. The molecule has 5 rings (SSSR count). The molecule has 3 atom stereocenters. The van der Waals surface area contributed by atoms with E-state index < -0.39 is 12.1 Å². The largest absolute Gasteiger partial charge is 0.508 e. The van der Waals surface area contributed by atoms with Crippen LogP contribution in [0.2, 0.25) is 0 Å². The van der Waals surface area contributed by atoms with Gasteiger partial charge in [-0.05, 0) is 24.6 Å². The maximum Gasteiger partial charge on any atom is 0.257 e. The number of aromatic hydroxyl groups is 1. The summed E-state index contributed by atoms with van der Waals surface area (Å²) in [5.41, 5.74) is 1.03. The van der Waals surface area contributed by atoms with Gasteiger partial charge in [-0.1, -0.05) is 18.2 Å². The molecule has 0 spiro atoms. The van der Waals surface area contributed by atoms with Crippen LogP contribution in [0.5, 0.6) is 11.6 Å². The van der Waals surface area contributed by atoms with Crippen molar-refractivity contribution in [3.63, 3.8) is 0 Å². The van der Waals surface area contributed by atoms with Crippen LogP contribution in [0.1, 0.15) is 22.3 Å². The van der Waals surface area contributed by atoms with E-state index in [0.717, 1.165) is 0 Å². The zero-order chi connectivity index (χ0) is 25.9. The van der Waals surface area contributed by atoms with Gasteiger partial charge in [0.1, 0.15) is 24.5 Å². The van der Waals surface area contributed by atoms with Crippen molar-refractivity contribution in [2.24, 2.45) is 0 Å². The number of hydrogen-bond donors (Lipinski definition) is 2. The molecule has 3 aliphatic rings. The molecular formula is C26H31N5O6. The lowest BCUT2D eigenvalue weighted by atomic mass is 10.1. The smallest absolute Gasteiger partial charge is 0.257 e. The van der Waals surface area contributed by atoms with Gasteiger partial charge in [-0.15, -0.1) is 0 Å². The summed E-state index contributed by atoms with van der Waals surface area (Å²) in [6, 6.07) is 9.19. The standard InChI is InChI=1S/C26H31N5O6/c1-36-16-23(33)29-9-10-31-19(14-29)15-37-25-20(6-4-8-27-25)24(34)28-18-11-21(26(31)35)30(13-18)12-17-5-2-3-7-22(17)32/h2-8,18-19,21,32H,9-16H2,1H3,(H,28,34)/t18-,19+,21+/m1/s1. The fourth-order valence-electron chi connectivity index (χ4n) is 5.34. The molecule has 3 amide bonds.